The number of hydrogen-bond donors (Lipinski definition) is 3. The summed E-state index contributed by atoms with van der Waals surface area (Å²) in [6.07, 6.45) is -0.257. The van der Waals surface area contributed by atoms with E-state index in [-0.39, 0.29) is 18.8 Å². The zero-order valence-corrected chi connectivity index (χ0v) is 15.9. The van der Waals surface area contributed by atoms with Crippen LogP contribution in [0.15, 0.2) is 29.2 Å². The van der Waals surface area contributed by atoms with Gasteiger partial charge in [0.15, 0.2) is 0 Å². The fraction of sp³-hybridized carbons (Fsp3) is 0.368. The molecule has 1 aromatic carbocycles. The average Bonchev–Trinajstić information content (AvgIpc) is 2.94. The molecule has 27 heavy (non-hydrogen) atoms. The number of benzene rings is 1. The van der Waals surface area contributed by atoms with Crippen LogP contribution in [0.5, 0.6) is 0 Å². The molecule has 7 nitrogen and oxygen atoms in total. The van der Waals surface area contributed by atoms with Crippen LogP contribution in [0.4, 0.5) is 5.82 Å². The molecular weight excluding hydrogens is 366 g/mol. The molecule has 2 heterocycles. The summed E-state index contributed by atoms with van der Waals surface area (Å²) in [7, 11) is 0. The minimum atomic E-state index is -0.767. The standard InChI is InChI=1S/C19H21N3O4S/c1-11-5-12(2)7-13(6-11)3-4-14-9-22(19(24)21-18(14)20)17-8-15(23)16(26-17)10-25-27/h5-7,9,15-17,23,27H,8,10H2,1-2H3,(H2,20,21,24). The third-order valence-corrected chi connectivity index (χ3v) is 4.45. The van der Waals surface area contributed by atoms with Gasteiger partial charge in [-0.1, -0.05) is 17.9 Å². The first-order valence-electron chi connectivity index (χ1n) is 8.46. The fourth-order valence-electron chi connectivity index (χ4n) is 3.08. The van der Waals surface area contributed by atoms with E-state index in [1.165, 1.54) is 10.8 Å². The van der Waals surface area contributed by atoms with Gasteiger partial charge in [0.1, 0.15) is 18.1 Å². The third-order valence-electron chi connectivity index (χ3n) is 4.30. The first kappa shape index (κ1) is 19.5. The molecule has 1 aliphatic heterocycles. The zero-order chi connectivity index (χ0) is 19.6. The van der Waals surface area contributed by atoms with E-state index in [1.54, 1.807) is 0 Å². The number of nitrogens with zero attached hydrogens (tertiary/aromatic N) is 2. The SMILES string of the molecule is Cc1cc(C)cc(C#Cc2cn(C3CC(O)C(COS)O3)c(=O)nc2N)c1. The highest BCUT2D eigenvalue weighted by atomic mass is 32.1. The van der Waals surface area contributed by atoms with Crippen molar-refractivity contribution in [2.24, 2.45) is 0 Å². The largest absolute Gasteiger partial charge is 0.390 e. The summed E-state index contributed by atoms with van der Waals surface area (Å²) in [5.41, 5.74) is 8.80. The van der Waals surface area contributed by atoms with Crippen molar-refractivity contribution in [3.63, 3.8) is 0 Å². The van der Waals surface area contributed by atoms with Gasteiger partial charge in [-0.05, 0) is 50.0 Å². The van der Waals surface area contributed by atoms with Crippen molar-refractivity contribution < 1.29 is 14.0 Å². The molecule has 0 aliphatic carbocycles. The molecule has 3 unspecified atom stereocenters. The predicted molar refractivity (Wildman–Crippen MR) is 104 cm³/mol. The first-order chi connectivity index (χ1) is 12.9. The molecule has 3 N–H and O–H groups in total. The summed E-state index contributed by atoms with van der Waals surface area (Å²) < 4.78 is 11.7. The molecule has 1 saturated heterocycles. The number of aliphatic hydroxyl groups excluding tert-OH is 1. The van der Waals surface area contributed by atoms with Gasteiger partial charge < -0.3 is 19.8 Å². The number of ether oxygens (including phenoxy) is 1. The molecule has 1 fully saturated rings. The van der Waals surface area contributed by atoms with Crippen molar-refractivity contribution >= 4 is 18.7 Å². The Morgan fingerprint density at radius 1 is 1.37 bits per heavy atom. The second kappa shape index (κ2) is 8.15. The number of aryl methyl sites for hydroxylation is 2. The molecule has 3 atom stereocenters. The molecule has 0 radical (unpaired) electrons. The topological polar surface area (TPSA) is 99.6 Å². The molecule has 8 heteroatoms. The molecule has 142 valence electrons. The van der Waals surface area contributed by atoms with Gasteiger partial charge in [0.2, 0.25) is 0 Å². The van der Waals surface area contributed by atoms with Crippen molar-refractivity contribution in [1.82, 2.24) is 9.55 Å². The summed E-state index contributed by atoms with van der Waals surface area (Å²) in [6.45, 7) is 4.11. The molecule has 0 bridgehead atoms. The van der Waals surface area contributed by atoms with Crippen molar-refractivity contribution in [1.29, 1.82) is 0 Å². The number of hydrogen-bond acceptors (Lipinski definition) is 7. The van der Waals surface area contributed by atoms with E-state index >= 15 is 0 Å². The van der Waals surface area contributed by atoms with Crippen LogP contribution in [-0.4, -0.2) is 33.5 Å². The van der Waals surface area contributed by atoms with Gasteiger partial charge in [0.25, 0.3) is 0 Å². The van der Waals surface area contributed by atoms with Gasteiger partial charge in [-0.3, -0.25) is 4.57 Å². The van der Waals surface area contributed by atoms with Gasteiger partial charge in [0.05, 0.1) is 18.3 Å². The lowest BCUT2D eigenvalue weighted by Crippen LogP contribution is -2.29. The van der Waals surface area contributed by atoms with E-state index in [2.05, 4.69) is 35.8 Å². The maximum atomic E-state index is 12.2. The Kier molecular flexibility index (Phi) is 5.87. The van der Waals surface area contributed by atoms with Crippen LogP contribution in [0.1, 0.15) is 34.9 Å². The van der Waals surface area contributed by atoms with Crippen LogP contribution in [-0.2, 0) is 8.92 Å². The maximum absolute atomic E-state index is 12.2. The second-order valence-corrected chi connectivity index (χ2v) is 6.84. The highest BCUT2D eigenvalue weighted by molar-refractivity contribution is 7.75. The number of nitrogens with two attached hydrogens (primary N) is 1. The minimum Gasteiger partial charge on any atom is -0.390 e. The summed E-state index contributed by atoms with van der Waals surface area (Å²) in [5, 5.41) is 10.0. The van der Waals surface area contributed by atoms with Gasteiger partial charge >= 0.3 is 5.69 Å². The number of thiol groups is 1. The molecule has 0 spiro atoms. The Labute approximate surface area is 162 Å². The fourth-order valence-corrected chi connectivity index (χ4v) is 3.23. The summed E-state index contributed by atoms with van der Waals surface area (Å²) >= 11 is 3.67. The van der Waals surface area contributed by atoms with Crippen molar-refractivity contribution in [2.45, 2.75) is 38.7 Å². The number of anilines is 1. The summed E-state index contributed by atoms with van der Waals surface area (Å²) in [4.78, 5) is 16.1. The average molecular weight is 387 g/mol. The molecule has 0 amide bonds. The maximum Gasteiger partial charge on any atom is 0.351 e. The Balaban J connectivity index is 1.92. The molecule has 0 saturated carbocycles. The predicted octanol–water partition coefficient (Wildman–Crippen LogP) is 1.35. The van der Waals surface area contributed by atoms with Crippen LogP contribution in [0.2, 0.25) is 0 Å². The van der Waals surface area contributed by atoms with Crippen molar-refractivity contribution in [3.05, 3.63) is 57.1 Å². The number of nitrogen functional groups attached to an aromatic ring is 1. The summed E-state index contributed by atoms with van der Waals surface area (Å²) in [6, 6.07) is 6.01. The lowest BCUT2D eigenvalue weighted by Gasteiger charge is -2.15. The Morgan fingerprint density at radius 3 is 2.74 bits per heavy atom. The normalized spacial score (nSPS) is 21.7. The van der Waals surface area contributed by atoms with E-state index in [1.807, 2.05) is 26.0 Å². The van der Waals surface area contributed by atoms with Gasteiger partial charge in [-0.15, -0.1) is 0 Å². The third kappa shape index (κ3) is 4.51. The molecular formula is C19H21N3O4S. The number of aliphatic hydroxyl groups is 1. The van der Waals surface area contributed by atoms with Crippen LogP contribution in [0.3, 0.4) is 0 Å². The van der Waals surface area contributed by atoms with E-state index in [4.69, 9.17) is 14.7 Å². The Hall–Kier alpha value is -2.31. The summed E-state index contributed by atoms with van der Waals surface area (Å²) in [5.74, 6) is 6.08. The van der Waals surface area contributed by atoms with E-state index in [0.717, 1.165) is 16.7 Å². The second-order valence-electron chi connectivity index (χ2n) is 6.58. The van der Waals surface area contributed by atoms with Gasteiger partial charge in [-0.25, -0.2) is 4.79 Å². The Morgan fingerprint density at radius 2 is 2.07 bits per heavy atom. The molecule has 3 rings (SSSR count). The molecule has 1 aromatic heterocycles. The quantitative estimate of drug-likeness (QED) is 0.418. The number of aromatic nitrogens is 2. The highest BCUT2D eigenvalue weighted by Gasteiger charge is 2.35. The Bertz CT molecular complexity index is 943. The monoisotopic (exact) mass is 387 g/mol. The van der Waals surface area contributed by atoms with E-state index in [0.29, 0.717) is 5.56 Å². The zero-order valence-electron chi connectivity index (χ0n) is 15.0. The lowest BCUT2D eigenvalue weighted by molar-refractivity contribution is -0.0375. The van der Waals surface area contributed by atoms with Crippen LogP contribution in [0, 0.1) is 25.7 Å². The van der Waals surface area contributed by atoms with Crippen LogP contribution < -0.4 is 11.4 Å². The van der Waals surface area contributed by atoms with E-state index in [9.17, 15) is 9.90 Å². The van der Waals surface area contributed by atoms with Gasteiger partial charge in [-0.2, -0.15) is 4.98 Å². The first-order valence-corrected chi connectivity index (χ1v) is 8.82. The van der Waals surface area contributed by atoms with Crippen molar-refractivity contribution in [3.8, 4) is 11.8 Å². The minimum absolute atomic E-state index is 0.0573. The van der Waals surface area contributed by atoms with Crippen LogP contribution >= 0.6 is 12.9 Å². The van der Waals surface area contributed by atoms with Gasteiger partial charge in [0, 0.05) is 18.2 Å². The van der Waals surface area contributed by atoms with Crippen LogP contribution in [0.25, 0.3) is 0 Å². The smallest absolute Gasteiger partial charge is 0.351 e. The molecule has 2 aromatic rings. The lowest BCUT2D eigenvalue weighted by atomic mass is 10.1. The van der Waals surface area contributed by atoms with E-state index < -0.39 is 24.1 Å². The van der Waals surface area contributed by atoms with Crippen molar-refractivity contribution in [2.75, 3.05) is 12.3 Å². The highest BCUT2D eigenvalue weighted by Crippen LogP contribution is 2.28. The molecule has 1 aliphatic rings. The number of rotatable bonds is 3.